The van der Waals surface area contributed by atoms with Crippen LogP contribution in [0.25, 0.3) is 0 Å². The molecule has 7 heteroatoms. The molecule has 0 atom stereocenters. The second-order valence-electron chi connectivity index (χ2n) is 6.04. The van der Waals surface area contributed by atoms with Crippen LogP contribution in [0.5, 0.6) is 0 Å². The number of esters is 1. The summed E-state index contributed by atoms with van der Waals surface area (Å²) in [6, 6.07) is 6.03. The number of carbonyl (C=O) groups excluding carboxylic acids is 1. The van der Waals surface area contributed by atoms with E-state index in [1.165, 1.54) is 23.5 Å². The highest BCUT2D eigenvalue weighted by Gasteiger charge is 2.48. The van der Waals surface area contributed by atoms with Crippen LogP contribution in [-0.2, 0) is 14.8 Å². The molecule has 2 heterocycles. The fourth-order valence-electron chi connectivity index (χ4n) is 3.20. The summed E-state index contributed by atoms with van der Waals surface area (Å²) in [7, 11) is -2.26. The summed E-state index contributed by atoms with van der Waals surface area (Å²) < 4.78 is 31.5. The highest BCUT2D eigenvalue weighted by molar-refractivity contribution is 7.89. The Hall–Kier alpha value is -1.44. The van der Waals surface area contributed by atoms with Gasteiger partial charge in [0.1, 0.15) is 0 Å². The van der Waals surface area contributed by atoms with Crippen molar-refractivity contribution in [3.63, 3.8) is 0 Å². The predicted molar refractivity (Wildman–Crippen MR) is 81.1 cm³/mol. The summed E-state index contributed by atoms with van der Waals surface area (Å²) in [6.45, 7) is 3.04. The van der Waals surface area contributed by atoms with Crippen molar-refractivity contribution in [1.29, 1.82) is 0 Å². The first-order valence-electron chi connectivity index (χ1n) is 7.36. The van der Waals surface area contributed by atoms with Crippen molar-refractivity contribution >= 4 is 16.0 Å². The molecule has 1 aromatic carbocycles. The van der Waals surface area contributed by atoms with Crippen molar-refractivity contribution in [2.24, 2.45) is 5.41 Å². The van der Waals surface area contributed by atoms with Crippen LogP contribution in [0.2, 0.25) is 0 Å². The Labute approximate surface area is 130 Å². The molecule has 120 valence electrons. The summed E-state index contributed by atoms with van der Waals surface area (Å²) in [5.74, 6) is -0.532. The van der Waals surface area contributed by atoms with Gasteiger partial charge in [-0.2, -0.15) is 4.31 Å². The van der Waals surface area contributed by atoms with Gasteiger partial charge in [0.05, 0.1) is 17.6 Å². The molecule has 0 saturated carbocycles. The first-order valence-corrected chi connectivity index (χ1v) is 8.80. The van der Waals surface area contributed by atoms with Gasteiger partial charge in [-0.05, 0) is 44.1 Å². The Kier molecular flexibility index (Phi) is 3.96. The highest BCUT2D eigenvalue weighted by atomic mass is 32.2. The minimum Gasteiger partial charge on any atom is -0.465 e. The molecule has 2 saturated heterocycles. The average Bonchev–Trinajstić information content (AvgIpc) is 2.52. The molecule has 1 spiro atoms. The number of piperidine rings is 1. The Bertz CT molecular complexity index is 673. The zero-order valence-corrected chi connectivity index (χ0v) is 13.4. The number of carbonyl (C=O) groups is 1. The molecule has 0 aromatic heterocycles. The number of rotatable bonds is 3. The summed E-state index contributed by atoms with van der Waals surface area (Å²) in [5, 5.41) is 3.30. The number of ether oxygens (including phenoxy) is 1. The van der Waals surface area contributed by atoms with Gasteiger partial charge in [-0.25, -0.2) is 13.2 Å². The van der Waals surface area contributed by atoms with Crippen molar-refractivity contribution in [3.8, 4) is 0 Å². The predicted octanol–water partition coefficient (Wildman–Crippen LogP) is 0.847. The van der Waals surface area contributed by atoms with Gasteiger partial charge in [0, 0.05) is 18.5 Å². The lowest BCUT2D eigenvalue weighted by molar-refractivity contribution is 0.0373. The monoisotopic (exact) mass is 324 g/mol. The normalized spacial score (nSPS) is 21.3. The lowest BCUT2D eigenvalue weighted by atomic mass is 9.74. The number of nitrogens with one attached hydrogen (secondary N) is 1. The number of methoxy groups -OCH3 is 1. The summed E-state index contributed by atoms with van der Waals surface area (Å²) in [4.78, 5) is 11.7. The van der Waals surface area contributed by atoms with E-state index < -0.39 is 16.0 Å². The van der Waals surface area contributed by atoms with E-state index in [0.717, 1.165) is 25.9 Å². The van der Waals surface area contributed by atoms with Crippen LogP contribution in [0.3, 0.4) is 0 Å². The molecule has 0 amide bonds. The number of nitrogens with zero attached hydrogens (tertiary/aromatic N) is 1. The zero-order valence-electron chi connectivity index (χ0n) is 12.5. The molecule has 1 N–H and O–H groups in total. The Balaban J connectivity index is 1.78. The quantitative estimate of drug-likeness (QED) is 0.834. The Morgan fingerprint density at radius 3 is 2.59 bits per heavy atom. The van der Waals surface area contributed by atoms with E-state index in [1.807, 2.05) is 0 Å². The van der Waals surface area contributed by atoms with Gasteiger partial charge < -0.3 is 10.1 Å². The van der Waals surface area contributed by atoms with Crippen molar-refractivity contribution in [2.75, 3.05) is 33.3 Å². The molecule has 0 unspecified atom stereocenters. The topological polar surface area (TPSA) is 75.7 Å². The van der Waals surface area contributed by atoms with Crippen LogP contribution in [0.4, 0.5) is 0 Å². The molecule has 0 aliphatic carbocycles. The lowest BCUT2D eigenvalue weighted by Gasteiger charge is -2.51. The van der Waals surface area contributed by atoms with Crippen LogP contribution in [0, 0.1) is 5.41 Å². The average molecular weight is 324 g/mol. The standard InChI is InChI=1S/C15H20N2O4S/c1-21-14(18)12-3-2-4-13(9-12)22(19,20)17-10-15(11-17)5-7-16-8-6-15/h2-4,9,16H,5-8,10-11H2,1H3. The van der Waals surface area contributed by atoms with Crippen LogP contribution >= 0.6 is 0 Å². The van der Waals surface area contributed by atoms with Crippen molar-refractivity contribution < 1.29 is 17.9 Å². The molecule has 0 radical (unpaired) electrons. The molecule has 6 nitrogen and oxygen atoms in total. The van der Waals surface area contributed by atoms with Gasteiger partial charge >= 0.3 is 5.97 Å². The largest absolute Gasteiger partial charge is 0.465 e. The third-order valence-electron chi connectivity index (χ3n) is 4.58. The van der Waals surface area contributed by atoms with E-state index in [0.29, 0.717) is 13.1 Å². The third kappa shape index (κ3) is 2.64. The van der Waals surface area contributed by atoms with E-state index in [2.05, 4.69) is 10.1 Å². The molecule has 2 aliphatic rings. The van der Waals surface area contributed by atoms with E-state index in [9.17, 15) is 13.2 Å². The fourth-order valence-corrected chi connectivity index (χ4v) is 4.91. The number of hydrogen-bond acceptors (Lipinski definition) is 5. The van der Waals surface area contributed by atoms with Gasteiger partial charge in [-0.1, -0.05) is 6.07 Å². The summed E-state index contributed by atoms with van der Waals surface area (Å²) in [6.07, 6.45) is 2.03. The van der Waals surface area contributed by atoms with Crippen LogP contribution in [-0.4, -0.2) is 52.0 Å². The minimum absolute atomic E-state index is 0.137. The molecule has 22 heavy (non-hydrogen) atoms. The van der Waals surface area contributed by atoms with Gasteiger partial charge in [-0.15, -0.1) is 0 Å². The summed E-state index contributed by atoms with van der Waals surface area (Å²) in [5.41, 5.74) is 0.388. The highest BCUT2D eigenvalue weighted by Crippen LogP contribution is 2.41. The Morgan fingerprint density at radius 1 is 1.27 bits per heavy atom. The van der Waals surface area contributed by atoms with E-state index >= 15 is 0 Å². The van der Waals surface area contributed by atoms with Gasteiger partial charge in [-0.3, -0.25) is 0 Å². The summed E-state index contributed by atoms with van der Waals surface area (Å²) >= 11 is 0. The molecule has 2 aliphatic heterocycles. The number of hydrogen-bond donors (Lipinski definition) is 1. The third-order valence-corrected chi connectivity index (χ3v) is 6.37. The first-order chi connectivity index (χ1) is 10.5. The van der Waals surface area contributed by atoms with Crippen LogP contribution < -0.4 is 5.32 Å². The fraction of sp³-hybridized carbons (Fsp3) is 0.533. The molecular formula is C15H20N2O4S. The van der Waals surface area contributed by atoms with Gasteiger partial charge in [0.2, 0.25) is 10.0 Å². The second-order valence-corrected chi connectivity index (χ2v) is 7.98. The maximum absolute atomic E-state index is 12.7. The zero-order chi connectivity index (χ0) is 15.8. The lowest BCUT2D eigenvalue weighted by Crippen LogP contribution is -2.61. The minimum atomic E-state index is -3.54. The smallest absolute Gasteiger partial charge is 0.337 e. The molecular weight excluding hydrogens is 304 g/mol. The van der Waals surface area contributed by atoms with E-state index in [1.54, 1.807) is 12.1 Å². The van der Waals surface area contributed by atoms with E-state index in [4.69, 9.17) is 0 Å². The maximum atomic E-state index is 12.7. The van der Waals surface area contributed by atoms with Crippen molar-refractivity contribution in [1.82, 2.24) is 9.62 Å². The molecule has 0 bridgehead atoms. The van der Waals surface area contributed by atoms with Crippen molar-refractivity contribution in [2.45, 2.75) is 17.7 Å². The molecule has 3 rings (SSSR count). The van der Waals surface area contributed by atoms with Gasteiger partial charge in [0.25, 0.3) is 0 Å². The molecule has 1 aromatic rings. The SMILES string of the molecule is COC(=O)c1cccc(S(=O)(=O)N2CC3(CCNCC3)C2)c1. The first kappa shape index (κ1) is 15.5. The Morgan fingerprint density at radius 2 is 1.95 bits per heavy atom. The number of sulfonamides is 1. The second kappa shape index (κ2) is 5.64. The van der Waals surface area contributed by atoms with E-state index in [-0.39, 0.29) is 15.9 Å². The van der Waals surface area contributed by atoms with Crippen LogP contribution in [0.15, 0.2) is 29.2 Å². The molecule has 2 fully saturated rings. The number of benzene rings is 1. The van der Waals surface area contributed by atoms with Crippen LogP contribution in [0.1, 0.15) is 23.2 Å². The maximum Gasteiger partial charge on any atom is 0.337 e. The van der Waals surface area contributed by atoms with Gasteiger partial charge in [0.15, 0.2) is 0 Å². The van der Waals surface area contributed by atoms with Crippen molar-refractivity contribution in [3.05, 3.63) is 29.8 Å².